The monoisotopic (exact) mass is 1180 g/mol. The van der Waals surface area contributed by atoms with Gasteiger partial charge in [0.05, 0.1) is 0 Å². The Morgan fingerprint density at radius 3 is 1.35 bits per heavy atom. The fourth-order valence-electron chi connectivity index (χ4n) is 2.55. The third-order valence-corrected chi connectivity index (χ3v) is 6.04. The first-order valence-corrected chi connectivity index (χ1v) is 20.0. The molecule has 261 valence electrons. The Morgan fingerprint density at radius 1 is 0.653 bits per heavy atom. The number of anilines is 2. The molecule has 0 aliphatic carbocycles. The summed E-state index contributed by atoms with van der Waals surface area (Å²) in [4.78, 5) is 33.7. The van der Waals surface area contributed by atoms with Crippen molar-refractivity contribution in [2.24, 2.45) is 20.7 Å². The molecule has 12 nitrogen and oxygen atoms in total. The first-order chi connectivity index (χ1) is 21.5. The molecule has 0 saturated carbocycles. The van der Waals surface area contributed by atoms with Crippen LogP contribution in [0.15, 0.2) is 32.4 Å². The molecule has 3 aromatic heterocycles. The minimum atomic E-state index is -0.0926. The molecule has 49 heavy (non-hydrogen) atoms. The van der Waals surface area contributed by atoms with Crippen molar-refractivity contribution < 1.29 is 99.6 Å². The van der Waals surface area contributed by atoms with Crippen LogP contribution in [0.2, 0.25) is 15.7 Å². The van der Waals surface area contributed by atoms with Crippen LogP contribution < -0.4 is 16.4 Å². The van der Waals surface area contributed by atoms with E-state index in [9.17, 15) is 0 Å². The zero-order valence-corrected chi connectivity index (χ0v) is 43.0. The number of halogens is 5. The van der Waals surface area contributed by atoms with Crippen molar-refractivity contribution in [3.8, 4) is 0 Å². The van der Waals surface area contributed by atoms with Gasteiger partial charge in [-0.05, 0) is 64.7 Å². The van der Waals surface area contributed by atoms with E-state index in [0.29, 0.717) is 16.8 Å². The molecule has 3 radical (unpaired) electrons. The summed E-state index contributed by atoms with van der Waals surface area (Å²) in [5.74, 6) is 2.05. The van der Waals surface area contributed by atoms with Gasteiger partial charge in [-0.15, -0.1) is 0 Å². The number of aryl methyl sites for hydroxylation is 4. The Kier molecular flexibility index (Phi) is 39.7. The molecule has 0 spiro atoms. The van der Waals surface area contributed by atoms with Crippen LogP contribution in [0.1, 0.15) is 47.9 Å². The first kappa shape index (κ1) is 58.8. The second-order valence-corrected chi connectivity index (χ2v) is 9.46. The molecular formula is C29H35Cl3I2N12Y3-6. The standard InChI is InChI=1S/C11H14N4.C9H9ClN4.C6H6Cl2N2.C3H4N2.I2.3Y.H2/c1-6-10-13-8(3)7(2)11(15-10)14-9(4)12-5;1-5-6(2)12-9(10)14-8(5)13-7(3)11-4;1-3-4(2)9-6(8)10-5(3)7;1-3(4)5-2;1-2;;;;/h4-5H,6H2,1-3H3,(H,13,14,15);3-4H,1-2H3,(H,12,13,14);1-2H3;1-2H,4H2;;;;;1H/q2*-2;;-2;;;;;/i;;;;;;;;1+1. The van der Waals surface area contributed by atoms with E-state index < -0.39 is 0 Å². The Bertz CT molecular complexity index is 1530. The normalized spacial score (nSPS) is 8.57. The molecule has 3 heterocycles. The third-order valence-electron chi connectivity index (χ3n) is 5.34. The van der Waals surface area contributed by atoms with Crippen LogP contribution in [0.3, 0.4) is 0 Å². The number of hydrogen-bond donors (Lipinski definition) is 3. The molecule has 0 aliphatic heterocycles. The second kappa shape index (κ2) is 33.1. The van der Waals surface area contributed by atoms with E-state index >= 15 is 0 Å². The van der Waals surface area contributed by atoms with Gasteiger partial charge in [0.15, 0.2) is 0 Å². The van der Waals surface area contributed by atoms with E-state index in [2.05, 4.69) is 99.5 Å². The summed E-state index contributed by atoms with van der Waals surface area (Å²) < 4.78 is 0. The van der Waals surface area contributed by atoms with Crippen LogP contribution in [0, 0.1) is 61.3 Å². The molecule has 0 saturated heterocycles. The maximum absolute atomic E-state index is 5.68. The van der Waals surface area contributed by atoms with E-state index in [-0.39, 0.29) is 128 Å². The summed E-state index contributed by atoms with van der Waals surface area (Å²) >= 11 is 21.1. The number of nitrogens with one attached hydrogen (secondary N) is 2. The zero-order valence-electron chi connectivity index (χ0n) is 27.9. The van der Waals surface area contributed by atoms with Crippen molar-refractivity contribution in [3.05, 3.63) is 92.5 Å². The van der Waals surface area contributed by atoms with Crippen molar-refractivity contribution in [1.29, 1.82) is 0 Å². The van der Waals surface area contributed by atoms with E-state index in [0.717, 1.165) is 46.0 Å². The summed E-state index contributed by atoms with van der Waals surface area (Å²) in [6.07, 6.45) is 0.773. The second-order valence-electron chi connectivity index (χ2n) is 8.43. The number of hydrogen-bond acceptors (Lipinski definition) is 12. The van der Waals surface area contributed by atoms with Gasteiger partial charge in [0.25, 0.3) is 0 Å². The fraction of sp³-hybridized carbons (Fsp3) is 0.276. The molecule has 20 heteroatoms. The van der Waals surface area contributed by atoms with Gasteiger partial charge in [0, 0.05) is 177 Å². The molecule has 0 amide bonds. The summed E-state index contributed by atoms with van der Waals surface area (Å²) in [5.41, 5.74) is 9.89. The number of rotatable bonds is 8. The predicted molar refractivity (Wildman–Crippen MR) is 209 cm³/mol. The number of aromatic nitrogens is 6. The van der Waals surface area contributed by atoms with E-state index in [1.807, 2.05) is 48.5 Å². The van der Waals surface area contributed by atoms with Crippen LogP contribution >= 0.6 is 72.0 Å². The summed E-state index contributed by atoms with van der Waals surface area (Å²) in [6, 6.07) is 0. The van der Waals surface area contributed by atoms with Gasteiger partial charge in [-0.25, -0.2) is 47.4 Å². The Labute approximate surface area is 405 Å². The predicted octanol–water partition coefficient (Wildman–Crippen LogP) is 8.14. The minimum Gasteiger partial charge on any atom is -0.577 e. The Hall–Kier alpha value is 0.512. The van der Waals surface area contributed by atoms with Crippen molar-refractivity contribution in [2.75, 3.05) is 10.6 Å². The fourth-order valence-corrected chi connectivity index (χ4v) is 3.23. The van der Waals surface area contributed by atoms with Gasteiger partial charge in [-0.3, -0.25) is 0 Å². The van der Waals surface area contributed by atoms with Gasteiger partial charge in [0.1, 0.15) is 22.6 Å². The molecule has 0 unspecified atom stereocenters. The van der Waals surface area contributed by atoms with Crippen molar-refractivity contribution in [3.63, 3.8) is 0 Å². The smallest absolute Gasteiger partial charge is 0.224 e. The average Bonchev–Trinajstić information content (AvgIpc) is 3.02. The first-order valence-electron chi connectivity index (χ1n) is 12.6. The van der Waals surface area contributed by atoms with Gasteiger partial charge >= 0.3 is 0 Å². The van der Waals surface area contributed by atoms with Crippen molar-refractivity contribution >= 4 is 104 Å². The number of aliphatic imine (C=N–C) groups is 3. The number of nitrogens with zero attached hydrogens (tertiary/aromatic N) is 9. The molecule has 3 aromatic rings. The maximum Gasteiger partial charge on any atom is 0.224 e. The molecule has 4 N–H and O–H groups in total. The average molecular weight is 1180 g/mol. The molecule has 0 aromatic carbocycles. The number of nitrogens with two attached hydrogens (primary N) is 1. The minimum absolute atomic E-state index is 0. The quantitative estimate of drug-likeness (QED) is 0.0665. The zero-order chi connectivity index (χ0) is 36.1. The van der Waals surface area contributed by atoms with E-state index in [1.165, 1.54) is 0 Å². The van der Waals surface area contributed by atoms with Crippen LogP contribution in [0.5, 0.6) is 0 Å². The van der Waals surface area contributed by atoms with Crippen LogP contribution in [0.4, 0.5) is 11.6 Å². The third kappa shape index (κ3) is 25.2. The molecule has 0 fully saturated rings. The van der Waals surface area contributed by atoms with Gasteiger partial charge in [-0.1, -0.05) is 18.5 Å². The van der Waals surface area contributed by atoms with Crippen molar-refractivity contribution in [1.82, 2.24) is 29.9 Å². The Morgan fingerprint density at radius 2 is 1.00 bits per heavy atom. The van der Waals surface area contributed by atoms with Crippen LogP contribution in [0.25, 0.3) is 0 Å². The van der Waals surface area contributed by atoms with Gasteiger partial charge in [-0.2, -0.15) is 20.2 Å². The summed E-state index contributed by atoms with van der Waals surface area (Å²) in [5, 5.41) is 6.32. The van der Waals surface area contributed by atoms with Crippen LogP contribution in [-0.4, -0.2) is 50.1 Å². The van der Waals surface area contributed by atoms with Gasteiger partial charge < -0.3 is 51.1 Å². The molecule has 3 rings (SSSR count). The molecular weight excluding hydrogens is 1140 g/mol. The topological polar surface area (TPSA) is 164 Å². The largest absolute Gasteiger partial charge is 0.577 e. The SMILES string of the molecule is Cc1nc(Cl)nc(Cl)c1C.II.[2HH].[CH-]=NC(=[CH-])N.[CH-]=NC(=[CH-])Nc1nc(CC)nc(C)c1C.[CH-]=NC(=[CH-])Nc1nc(Cl)nc(C)c1C.[Y].[Y].[Y]. The molecule has 0 atom stereocenters. The molecule has 0 bridgehead atoms. The van der Waals surface area contributed by atoms with Crippen molar-refractivity contribution in [2.45, 2.75) is 54.9 Å². The Balaban J connectivity index is -0.000000129. The van der Waals surface area contributed by atoms with E-state index in [1.54, 1.807) is 0 Å². The molecule has 0 aliphatic rings. The summed E-state index contributed by atoms with van der Waals surface area (Å²) in [6.45, 7) is 43.3. The van der Waals surface area contributed by atoms with E-state index in [4.69, 9.17) is 73.7 Å². The summed E-state index contributed by atoms with van der Waals surface area (Å²) in [7, 11) is 0. The van der Waals surface area contributed by atoms with Crippen LogP contribution in [-0.2, 0) is 105 Å². The maximum atomic E-state index is 5.68. The van der Waals surface area contributed by atoms with Gasteiger partial charge in [0.2, 0.25) is 10.6 Å².